The van der Waals surface area contributed by atoms with E-state index in [0.717, 1.165) is 10.8 Å². The third kappa shape index (κ3) is 2.42. The number of para-hydroxylation sites is 1. The molecule has 0 aliphatic rings. The minimum absolute atomic E-state index is 0.376. The Bertz CT molecular complexity index is 743. The van der Waals surface area contributed by atoms with Gasteiger partial charge >= 0.3 is 0 Å². The molecule has 0 aliphatic heterocycles. The van der Waals surface area contributed by atoms with Crippen LogP contribution in [0, 0.1) is 5.21 Å². The Morgan fingerprint density at radius 1 is 0.850 bits per heavy atom. The normalized spacial score (nSPS) is 12.2. The van der Waals surface area contributed by atoms with Crippen molar-refractivity contribution in [2.24, 2.45) is 0 Å². The molecule has 0 spiro atoms. The van der Waals surface area contributed by atoms with Gasteiger partial charge in [0.2, 0.25) is 0 Å². The highest BCUT2D eigenvalue weighted by Crippen LogP contribution is 2.20. The van der Waals surface area contributed by atoms with Gasteiger partial charge in [-0.2, -0.15) is 0 Å². The van der Waals surface area contributed by atoms with Crippen molar-refractivity contribution in [1.82, 2.24) is 0 Å². The number of nitrogens with one attached hydrogen (secondary N) is 1. The Morgan fingerprint density at radius 2 is 1.55 bits per heavy atom. The molecule has 0 aliphatic carbocycles. The molecule has 0 amide bonds. The fourth-order valence-corrected chi connectivity index (χ4v) is 2.08. The van der Waals surface area contributed by atoms with E-state index in [2.05, 4.69) is 0 Å². The zero-order valence-corrected chi connectivity index (χ0v) is 10.7. The maximum Gasteiger partial charge on any atom is 0.196 e. The van der Waals surface area contributed by atoms with Gasteiger partial charge in [-0.1, -0.05) is 42.5 Å². The third-order valence-corrected chi connectivity index (χ3v) is 3.11. The van der Waals surface area contributed by atoms with E-state index < -0.39 is 5.23 Å². The summed E-state index contributed by atoms with van der Waals surface area (Å²) < 4.78 is 0. The van der Waals surface area contributed by atoms with Crippen LogP contribution in [0.1, 0.15) is 0 Å². The number of rotatable bonds is 3. The van der Waals surface area contributed by atoms with E-state index in [0.29, 0.717) is 17.1 Å². The van der Waals surface area contributed by atoms with Gasteiger partial charge in [-0.3, -0.25) is 0 Å². The lowest BCUT2D eigenvalue weighted by atomic mass is 10.1. The smallest absolute Gasteiger partial charge is 0.196 e. The van der Waals surface area contributed by atoms with Gasteiger partial charge in [0, 0.05) is 6.07 Å². The number of hydrogen-bond acceptors (Lipinski definition) is 3. The monoisotopic (exact) mass is 266 g/mol. The van der Waals surface area contributed by atoms with E-state index in [4.69, 9.17) is 10.6 Å². The van der Waals surface area contributed by atoms with Crippen LogP contribution in [0.25, 0.3) is 10.8 Å². The Balaban J connectivity index is 1.87. The van der Waals surface area contributed by atoms with Crippen molar-refractivity contribution in [3.8, 4) is 5.75 Å². The van der Waals surface area contributed by atoms with Crippen molar-refractivity contribution in [3.05, 3.63) is 71.9 Å². The van der Waals surface area contributed by atoms with Crippen LogP contribution in [-0.2, 0) is 0 Å². The van der Waals surface area contributed by atoms with Gasteiger partial charge in [-0.25, -0.2) is 0 Å². The second-order valence-corrected chi connectivity index (χ2v) is 4.49. The molecule has 4 heteroatoms. The quantitative estimate of drug-likeness (QED) is 0.565. The first-order valence-electron chi connectivity index (χ1n) is 6.29. The molecule has 0 heterocycles. The molecular formula is C16H14N2O2. The number of benzene rings is 3. The fraction of sp³-hybridized carbons (Fsp3) is 0. The lowest BCUT2D eigenvalue weighted by molar-refractivity contribution is -0.962. The lowest BCUT2D eigenvalue weighted by Gasteiger charge is -2.21. The standard InChI is InChI=1S/C16H14N2O2/c17-15-7-3-4-8-16(15)18(19)20-14-10-9-12-5-1-2-6-13(12)11-14/h1-11,18H,17H2. The summed E-state index contributed by atoms with van der Waals surface area (Å²) in [5.41, 5.74) is 6.56. The maximum absolute atomic E-state index is 12.1. The minimum Gasteiger partial charge on any atom is -0.585 e. The number of nitrogen functional groups attached to an aromatic ring is 1. The SMILES string of the molecule is Nc1ccccc1[NH+]([O-])Oc1ccc2ccccc2c1. The molecule has 0 bridgehead atoms. The summed E-state index contributed by atoms with van der Waals surface area (Å²) in [5.74, 6) is 0.511. The molecule has 1 atom stereocenters. The van der Waals surface area contributed by atoms with Gasteiger partial charge in [0.25, 0.3) is 0 Å². The molecule has 4 nitrogen and oxygen atoms in total. The highest BCUT2D eigenvalue weighted by atomic mass is 16.9. The Hall–Kier alpha value is -2.56. The molecule has 3 aromatic carbocycles. The predicted octanol–water partition coefficient (Wildman–Crippen LogP) is 2.43. The average molecular weight is 266 g/mol. The summed E-state index contributed by atoms with van der Waals surface area (Å²) in [6, 6.07) is 20.3. The summed E-state index contributed by atoms with van der Waals surface area (Å²) in [4.78, 5) is 5.37. The number of hydrogen-bond donors (Lipinski definition) is 2. The molecule has 3 aromatic rings. The van der Waals surface area contributed by atoms with E-state index in [1.54, 1.807) is 30.3 Å². The molecular weight excluding hydrogens is 252 g/mol. The number of fused-ring (bicyclic) bond motifs is 1. The molecule has 3 N–H and O–H groups in total. The average Bonchev–Trinajstić information content (AvgIpc) is 2.47. The number of anilines is 1. The Kier molecular flexibility index (Phi) is 3.25. The summed E-state index contributed by atoms with van der Waals surface area (Å²) in [6.45, 7) is 0. The van der Waals surface area contributed by atoms with Crippen molar-refractivity contribution in [2.75, 3.05) is 5.73 Å². The van der Waals surface area contributed by atoms with Crippen molar-refractivity contribution in [1.29, 1.82) is 0 Å². The third-order valence-electron chi connectivity index (χ3n) is 3.11. The molecule has 0 saturated heterocycles. The molecule has 0 fully saturated rings. The Morgan fingerprint density at radius 3 is 2.35 bits per heavy atom. The first kappa shape index (κ1) is 12.5. The van der Waals surface area contributed by atoms with Crippen LogP contribution >= 0.6 is 0 Å². The zero-order valence-electron chi connectivity index (χ0n) is 10.7. The molecule has 0 saturated carbocycles. The van der Waals surface area contributed by atoms with E-state index in [1.165, 1.54) is 0 Å². The van der Waals surface area contributed by atoms with Crippen LogP contribution in [0.5, 0.6) is 5.75 Å². The first-order chi connectivity index (χ1) is 9.74. The minimum atomic E-state index is -0.446. The van der Waals surface area contributed by atoms with Crippen LogP contribution < -0.4 is 15.8 Å². The van der Waals surface area contributed by atoms with Crippen LogP contribution in [0.2, 0.25) is 0 Å². The molecule has 1 unspecified atom stereocenters. The summed E-state index contributed by atoms with van der Waals surface area (Å²) >= 11 is 0. The highest BCUT2D eigenvalue weighted by Gasteiger charge is 2.09. The predicted molar refractivity (Wildman–Crippen MR) is 79.4 cm³/mol. The zero-order chi connectivity index (χ0) is 13.9. The topological polar surface area (TPSA) is 62.8 Å². The molecule has 0 aromatic heterocycles. The van der Waals surface area contributed by atoms with Crippen molar-refractivity contribution in [2.45, 2.75) is 0 Å². The largest absolute Gasteiger partial charge is 0.585 e. The van der Waals surface area contributed by atoms with Crippen molar-refractivity contribution < 1.29 is 10.1 Å². The summed E-state index contributed by atoms with van der Waals surface area (Å²) in [7, 11) is 0. The molecule has 100 valence electrons. The maximum atomic E-state index is 12.1. The van der Waals surface area contributed by atoms with Crippen LogP contribution in [0.3, 0.4) is 0 Å². The van der Waals surface area contributed by atoms with Crippen LogP contribution in [0.15, 0.2) is 66.7 Å². The van der Waals surface area contributed by atoms with Gasteiger partial charge in [-0.05, 0) is 29.0 Å². The second-order valence-electron chi connectivity index (χ2n) is 4.49. The van der Waals surface area contributed by atoms with Gasteiger partial charge in [0.1, 0.15) is 0 Å². The van der Waals surface area contributed by atoms with E-state index in [-0.39, 0.29) is 0 Å². The Labute approximate surface area is 116 Å². The number of quaternary nitrogens is 1. The first-order valence-corrected chi connectivity index (χ1v) is 6.29. The summed E-state index contributed by atoms with van der Waals surface area (Å²) in [5, 5.41) is 13.8. The van der Waals surface area contributed by atoms with E-state index in [1.807, 2.05) is 36.4 Å². The fourth-order valence-electron chi connectivity index (χ4n) is 2.08. The van der Waals surface area contributed by atoms with Crippen molar-refractivity contribution in [3.63, 3.8) is 0 Å². The van der Waals surface area contributed by atoms with E-state index in [9.17, 15) is 5.21 Å². The van der Waals surface area contributed by atoms with Gasteiger partial charge in [0.15, 0.2) is 11.4 Å². The van der Waals surface area contributed by atoms with Gasteiger partial charge in [0.05, 0.1) is 5.69 Å². The van der Waals surface area contributed by atoms with Crippen LogP contribution in [-0.4, -0.2) is 0 Å². The van der Waals surface area contributed by atoms with E-state index >= 15 is 0 Å². The second kappa shape index (κ2) is 5.21. The number of nitrogens with two attached hydrogens (primary N) is 1. The summed E-state index contributed by atoms with van der Waals surface area (Å²) in [6.07, 6.45) is 0. The van der Waals surface area contributed by atoms with Gasteiger partial charge in [-0.15, -0.1) is 5.23 Å². The molecule has 20 heavy (non-hydrogen) atoms. The van der Waals surface area contributed by atoms with Gasteiger partial charge < -0.3 is 15.8 Å². The molecule has 3 rings (SSSR count). The van der Waals surface area contributed by atoms with Crippen molar-refractivity contribution >= 4 is 22.1 Å². The molecule has 0 radical (unpaired) electrons. The van der Waals surface area contributed by atoms with Crippen LogP contribution in [0.4, 0.5) is 11.4 Å². The lowest BCUT2D eigenvalue weighted by Crippen LogP contribution is -3.04. The highest BCUT2D eigenvalue weighted by molar-refractivity contribution is 5.83.